The van der Waals surface area contributed by atoms with E-state index in [4.69, 9.17) is 11.6 Å². The number of nitrogens with zero attached hydrogens (tertiary/aromatic N) is 2. The second-order valence-corrected chi connectivity index (χ2v) is 3.73. The Hall–Kier alpha value is -1.16. The fourth-order valence-electron chi connectivity index (χ4n) is 1.42. The number of pyridine rings is 1. The molecule has 0 bridgehead atoms. The van der Waals surface area contributed by atoms with Crippen LogP contribution in [0, 0.1) is 5.82 Å². The van der Waals surface area contributed by atoms with Gasteiger partial charge in [0.1, 0.15) is 11.0 Å². The van der Waals surface area contributed by atoms with Crippen molar-refractivity contribution in [3.8, 4) is 0 Å². The number of hydrogen-bond donors (Lipinski definition) is 0. The molecule has 1 aromatic heterocycles. The van der Waals surface area contributed by atoms with Gasteiger partial charge in [0, 0.05) is 13.1 Å². The summed E-state index contributed by atoms with van der Waals surface area (Å²) < 4.78 is 13.0. The van der Waals surface area contributed by atoms with Gasteiger partial charge in [-0.3, -0.25) is 4.79 Å². The number of carbonyl (C=O) groups excluding carboxylic acids is 1. The van der Waals surface area contributed by atoms with Crippen LogP contribution >= 0.6 is 11.6 Å². The molecule has 1 aromatic rings. The summed E-state index contributed by atoms with van der Waals surface area (Å²) in [6.07, 6.45) is 1.84. The third kappa shape index (κ3) is 2.92. The first kappa shape index (κ1) is 12.9. The predicted molar refractivity (Wildman–Crippen MR) is 61.1 cm³/mol. The lowest BCUT2D eigenvalue weighted by molar-refractivity contribution is 0.0763. The van der Waals surface area contributed by atoms with E-state index in [1.165, 1.54) is 0 Å². The molecule has 0 saturated carbocycles. The van der Waals surface area contributed by atoms with E-state index in [-0.39, 0.29) is 16.6 Å². The van der Waals surface area contributed by atoms with Crippen molar-refractivity contribution in [2.24, 2.45) is 0 Å². The number of halogens is 2. The molecule has 0 fully saturated rings. The summed E-state index contributed by atoms with van der Waals surface area (Å²) in [6.45, 7) is 5.04. The van der Waals surface area contributed by atoms with Crippen molar-refractivity contribution in [2.45, 2.75) is 20.3 Å². The molecule has 0 aliphatic carbocycles. The zero-order valence-corrected chi connectivity index (χ0v) is 10.1. The zero-order valence-electron chi connectivity index (χ0n) is 9.33. The molecule has 1 amide bonds. The van der Waals surface area contributed by atoms with E-state index < -0.39 is 5.82 Å². The molecule has 5 heteroatoms. The predicted octanol–water partition coefficient (Wildman–Crippen LogP) is 2.75. The lowest BCUT2D eigenvalue weighted by Gasteiger charge is -2.20. The molecular weight excluding hydrogens is 231 g/mol. The van der Waals surface area contributed by atoms with Crippen LogP contribution in [0.1, 0.15) is 30.6 Å². The van der Waals surface area contributed by atoms with Crippen LogP contribution in [-0.4, -0.2) is 28.9 Å². The lowest BCUT2D eigenvalue weighted by atomic mass is 10.2. The Morgan fingerprint density at radius 1 is 1.56 bits per heavy atom. The Morgan fingerprint density at radius 2 is 2.25 bits per heavy atom. The van der Waals surface area contributed by atoms with E-state index in [9.17, 15) is 9.18 Å². The average Bonchev–Trinajstić information content (AvgIpc) is 2.28. The van der Waals surface area contributed by atoms with Crippen LogP contribution in [0.3, 0.4) is 0 Å². The van der Waals surface area contributed by atoms with Crippen LogP contribution < -0.4 is 0 Å². The largest absolute Gasteiger partial charge is 0.339 e. The van der Waals surface area contributed by atoms with E-state index >= 15 is 0 Å². The standard InChI is InChI=1S/C11H14ClFN2O/c1-3-5-15(4-2)11(16)9-6-8(13)7-14-10(9)12/h6-7H,3-5H2,1-2H3. The molecule has 1 heterocycles. The van der Waals surface area contributed by atoms with Crippen LogP contribution in [-0.2, 0) is 0 Å². The molecule has 0 saturated heterocycles. The highest BCUT2D eigenvalue weighted by Crippen LogP contribution is 2.16. The van der Waals surface area contributed by atoms with Crippen LogP contribution in [0.25, 0.3) is 0 Å². The molecule has 0 unspecified atom stereocenters. The molecule has 0 aromatic carbocycles. The summed E-state index contributed by atoms with van der Waals surface area (Å²) in [5.41, 5.74) is 0.122. The van der Waals surface area contributed by atoms with E-state index in [0.29, 0.717) is 13.1 Å². The van der Waals surface area contributed by atoms with Gasteiger partial charge in [0.2, 0.25) is 0 Å². The van der Waals surface area contributed by atoms with Crippen molar-refractivity contribution < 1.29 is 9.18 Å². The van der Waals surface area contributed by atoms with Crippen molar-refractivity contribution >= 4 is 17.5 Å². The second-order valence-electron chi connectivity index (χ2n) is 3.38. The quantitative estimate of drug-likeness (QED) is 0.763. The molecule has 0 radical (unpaired) electrons. The van der Waals surface area contributed by atoms with Crippen molar-refractivity contribution in [3.05, 3.63) is 28.8 Å². The van der Waals surface area contributed by atoms with Crippen LogP contribution in [0.2, 0.25) is 5.15 Å². The third-order valence-electron chi connectivity index (χ3n) is 2.20. The molecule has 3 nitrogen and oxygen atoms in total. The summed E-state index contributed by atoms with van der Waals surface area (Å²) in [4.78, 5) is 17.2. The summed E-state index contributed by atoms with van der Waals surface area (Å²) in [5.74, 6) is -0.832. The van der Waals surface area contributed by atoms with Gasteiger partial charge in [0.15, 0.2) is 0 Å². The molecule has 1 rings (SSSR count). The Balaban J connectivity index is 2.98. The minimum Gasteiger partial charge on any atom is -0.339 e. The monoisotopic (exact) mass is 244 g/mol. The van der Waals surface area contributed by atoms with Crippen molar-refractivity contribution in [3.63, 3.8) is 0 Å². The average molecular weight is 245 g/mol. The van der Waals surface area contributed by atoms with Gasteiger partial charge in [-0.25, -0.2) is 9.37 Å². The van der Waals surface area contributed by atoms with Gasteiger partial charge in [-0.2, -0.15) is 0 Å². The van der Waals surface area contributed by atoms with Crippen molar-refractivity contribution in [2.75, 3.05) is 13.1 Å². The molecule has 0 aliphatic heterocycles. The minimum absolute atomic E-state index is 0.0425. The van der Waals surface area contributed by atoms with Crippen molar-refractivity contribution in [1.82, 2.24) is 9.88 Å². The van der Waals surface area contributed by atoms with Gasteiger partial charge < -0.3 is 4.90 Å². The van der Waals surface area contributed by atoms with Crippen LogP contribution in [0.5, 0.6) is 0 Å². The number of aromatic nitrogens is 1. The van der Waals surface area contributed by atoms with E-state index in [2.05, 4.69) is 4.98 Å². The smallest absolute Gasteiger partial charge is 0.257 e. The van der Waals surface area contributed by atoms with Crippen molar-refractivity contribution in [1.29, 1.82) is 0 Å². The Bertz CT molecular complexity index is 384. The highest BCUT2D eigenvalue weighted by atomic mass is 35.5. The van der Waals surface area contributed by atoms with E-state index in [1.807, 2.05) is 13.8 Å². The third-order valence-corrected chi connectivity index (χ3v) is 2.50. The van der Waals surface area contributed by atoms with Gasteiger partial charge in [0.25, 0.3) is 5.91 Å². The SMILES string of the molecule is CCCN(CC)C(=O)c1cc(F)cnc1Cl. The van der Waals surface area contributed by atoms with Crippen LogP contribution in [0.15, 0.2) is 12.3 Å². The molecule has 0 spiro atoms. The summed E-state index contributed by atoms with van der Waals surface area (Å²) in [7, 11) is 0. The molecule has 0 N–H and O–H groups in total. The molecule has 0 atom stereocenters. The molecular formula is C11H14ClFN2O. The maximum absolute atomic E-state index is 13.0. The highest BCUT2D eigenvalue weighted by Gasteiger charge is 2.17. The topological polar surface area (TPSA) is 33.2 Å². The first-order chi connectivity index (χ1) is 7.60. The fourth-order valence-corrected chi connectivity index (χ4v) is 1.60. The Labute approximate surface area is 99.2 Å². The summed E-state index contributed by atoms with van der Waals surface area (Å²) in [6, 6.07) is 1.12. The van der Waals surface area contributed by atoms with E-state index in [0.717, 1.165) is 18.7 Å². The van der Waals surface area contributed by atoms with Crippen LogP contribution in [0.4, 0.5) is 4.39 Å². The van der Waals surface area contributed by atoms with Gasteiger partial charge >= 0.3 is 0 Å². The first-order valence-corrected chi connectivity index (χ1v) is 5.58. The highest BCUT2D eigenvalue weighted by molar-refractivity contribution is 6.32. The maximum atomic E-state index is 13.0. The van der Waals surface area contributed by atoms with Gasteiger partial charge in [-0.15, -0.1) is 0 Å². The van der Waals surface area contributed by atoms with Gasteiger partial charge in [-0.05, 0) is 19.4 Å². The molecule has 16 heavy (non-hydrogen) atoms. The second kappa shape index (κ2) is 5.80. The van der Waals surface area contributed by atoms with E-state index in [1.54, 1.807) is 4.90 Å². The number of rotatable bonds is 4. The number of hydrogen-bond acceptors (Lipinski definition) is 2. The van der Waals surface area contributed by atoms with Gasteiger partial charge in [0.05, 0.1) is 11.8 Å². The summed E-state index contributed by atoms with van der Waals surface area (Å²) in [5, 5.41) is 0.0425. The number of amides is 1. The fraction of sp³-hybridized carbons (Fsp3) is 0.455. The summed E-state index contributed by atoms with van der Waals surface area (Å²) >= 11 is 5.77. The minimum atomic E-state index is -0.555. The lowest BCUT2D eigenvalue weighted by Crippen LogP contribution is -2.31. The normalized spacial score (nSPS) is 10.2. The molecule has 0 aliphatic rings. The zero-order chi connectivity index (χ0) is 12.1. The molecule has 88 valence electrons. The maximum Gasteiger partial charge on any atom is 0.257 e. The number of carbonyl (C=O) groups is 1. The first-order valence-electron chi connectivity index (χ1n) is 5.20. The van der Waals surface area contributed by atoms with Gasteiger partial charge in [-0.1, -0.05) is 18.5 Å². The Kier molecular flexibility index (Phi) is 4.68. The Morgan fingerprint density at radius 3 is 2.81 bits per heavy atom.